The van der Waals surface area contributed by atoms with Crippen molar-refractivity contribution in [2.24, 2.45) is 0 Å². The fraction of sp³-hybridized carbons (Fsp3) is 0.0714. The van der Waals surface area contributed by atoms with Crippen LogP contribution in [-0.4, -0.2) is 13.4 Å². The molecular formula is C14H11ClN2O2S2. The average molecular weight is 339 g/mol. The Labute approximate surface area is 131 Å². The van der Waals surface area contributed by atoms with E-state index in [0.717, 1.165) is 15.8 Å². The number of thiazole rings is 1. The molecule has 1 heterocycles. The standard InChI is InChI=1S/C14H11ClN2O2S2/c1-9-7-10(15)8-12-13(9)16-14(20-12)17-21(18,19)11-5-3-2-4-6-11/h2-8H,1H3,(H,16,17). The normalized spacial score (nSPS) is 11.7. The van der Waals surface area contributed by atoms with E-state index in [9.17, 15) is 8.42 Å². The van der Waals surface area contributed by atoms with Gasteiger partial charge in [0.05, 0.1) is 15.1 Å². The first-order valence-corrected chi connectivity index (χ1v) is 8.78. The minimum absolute atomic E-state index is 0.207. The SMILES string of the molecule is Cc1cc(Cl)cc2sc(NS(=O)(=O)c3ccccc3)nc12. The van der Waals surface area contributed by atoms with Crippen LogP contribution in [0.3, 0.4) is 0 Å². The van der Waals surface area contributed by atoms with Gasteiger partial charge in [-0.05, 0) is 36.8 Å². The number of fused-ring (bicyclic) bond motifs is 1. The molecule has 1 aromatic heterocycles. The Balaban J connectivity index is 2.01. The van der Waals surface area contributed by atoms with Crippen molar-refractivity contribution in [3.63, 3.8) is 0 Å². The predicted molar refractivity (Wildman–Crippen MR) is 86.6 cm³/mol. The number of halogens is 1. The van der Waals surface area contributed by atoms with Crippen LogP contribution in [0.4, 0.5) is 5.13 Å². The highest BCUT2D eigenvalue weighted by molar-refractivity contribution is 7.93. The second-order valence-corrected chi connectivity index (χ2v) is 7.66. The van der Waals surface area contributed by atoms with Crippen molar-refractivity contribution in [3.8, 4) is 0 Å². The number of rotatable bonds is 3. The molecule has 0 spiro atoms. The molecule has 1 N–H and O–H groups in total. The Morgan fingerprint density at radius 2 is 1.90 bits per heavy atom. The summed E-state index contributed by atoms with van der Waals surface area (Å²) in [6.07, 6.45) is 0. The molecule has 108 valence electrons. The molecule has 0 saturated carbocycles. The average Bonchev–Trinajstić information content (AvgIpc) is 2.81. The van der Waals surface area contributed by atoms with Crippen LogP contribution < -0.4 is 4.72 Å². The van der Waals surface area contributed by atoms with E-state index in [4.69, 9.17) is 11.6 Å². The van der Waals surface area contributed by atoms with Crippen molar-refractivity contribution in [2.45, 2.75) is 11.8 Å². The topological polar surface area (TPSA) is 59.1 Å². The highest BCUT2D eigenvalue weighted by Crippen LogP contribution is 2.31. The maximum absolute atomic E-state index is 12.3. The van der Waals surface area contributed by atoms with E-state index in [1.807, 2.05) is 6.92 Å². The van der Waals surface area contributed by atoms with Crippen LogP contribution in [0.2, 0.25) is 5.02 Å². The predicted octanol–water partition coefficient (Wildman–Crippen LogP) is 4.06. The molecule has 0 unspecified atom stereocenters. The van der Waals surface area contributed by atoms with E-state index in [1.165, 1.54) is 23.5 Å². The van der Waals surface area contributed by atoms with Crippen LogP contribution in [0.25, 0.3) is 10.2 Å². The Morgan fingerprint density at radius 1 is 1.19 bits per heavy atom. The quantitative estimate of drug-likeness (QED) is 0.783. The Morgan fingerprint density at radius 3 is 2.62 bits per heavy atom. The highest BCUT2D eigenvalue weighted by atomic mass is 35.5. The lowest BCUT2D eigenvalue weighted by Gasteiger charge is -2.03. The number of benzene rings is 2. The molecule has 4 nitrogen and oxygen atoms in total. The Bertz CT molecular complexity index is 905. The molecule has 0 aliphatic rings. The van der Waals surface area contributed by atoms with Gasteiger partial charge in [-0.1, -0.05) is 41.1 Å². The van der Waals surface area contributed by atoms with Crippen molar-refractivity contribution < 1.29 is 8.42 Å². The Hall–Kier alpha value is -1.63. The van der Waals surface area contributed by atoms with Gasteiger partial charge in [0.15, 0.2) is 5.13 Å². The molecule has 0 fully saturated rings. The van der Waals surface area contributed by atoms with E-state index in [2.05, 4.69) is 9.71 Å². The zero-order valence-corrected chi connectivity index (χ0v) is 13.4. The maximum atomic E-state index is 12.3. The van der Waals surface area contributed by atoms with E-state index in [1.54, 1.807) is 30.3 Å². The van der Waals surface area contributed by atoms with Crippen molar-refractivity contribution in [1.82, 2.24) is 4.98 Å². The first kappa shape index (κ1) is 14.3. The second kappa shape index (κ2) is 5.29. The number of aromatic nitrogens is 1. The molecule has 0 amide bonds. The summed E-state index contributed by atoms with van der Waals surface area (Å²) < 4.78 is 27.9. The summed E-state index contributed by atoms with van der Waals surface area (Å²) in [5.74, 6) is 0. The van der Waals surface area contributed by atoms with Crippen molar-refractivity contribution in [1.29, 1.82) is 0 Å². The van der Waals surface area contributed by atoms with Gasteiger partial charge in [-0.25, -0.2) is 13.4 Å². The van der Waals surface area contributed by atoms with Crippen LogP contribution >= 0.6 is 22.9 Å². The molecule has 0 radical (unpaired) electrons. The van der Waals surface area contributed by atoms with Crippen molar-refractivity contribution >= 4 is 48.3 Å². The Kier molecular flexibility index (Phi) is 3.61. The van der Waals surface area contributed by atoms with Gasteiger partial charge in [-0.3, -0.25) is 4.72 Å². The minimum Gasteiger partial charge on any atom is -0.255 e. The van der Waals surface area contributed by atoms with Gasteiger partial charge in [0.25, 0.3) is 10.0 Å². The molecule has 3 aromatic rings. The molecule has 21 heavy (non-hydrogen) atoms. The minimum atomic E-state index is -3.62. The summed E-state index contributed by atoms with van der Waals surface area (Å²) in [6.45, 7) is 1.89. The molecule has 0 aliphatic carbocycles. The molecule has 0 atom stereocenters. The summed E-state index contributed by atoms with van der Waals surface area (Å²) in [5, 5.41) is 0.945. The van der Waals surface area contributed by atoms with Crippen LogP contribution in [0, 0.1) is 6.92 Å². The molecule has 7 heteroatoms. The van der Waals surface area contributed by atoms with Gasteiger partial charge >= 0.3 is 0 Å². The number of nitrogens with one attached hydrogen (secondary N) is 1. The van der Waals surface area contributed by atoms with Crippen molar-refractivity contribution in [2.75, 3.05) is 4.72 Å². The van der Waals surface area contributed by atoms with Gasteiger partial charge in [0, 0.05) is 5.02 Å². The molecule has 3 rings (SSSR count). The number of hydrogen-bond acceptors (Lipinski definition) is 4. The number of aryl methyl sites for hydroxylation is 1. The maximum Gasteiger partial charge on any atom is 0.263 e. The molecule has 0 saturated heterocycles. The largest absolute Gasteiger partial charge is 0.263 e. The molecule has 0 aliphatic heterocycles. The van der Waals surface area contributed by atoms with Crippen LogP contribution in [0.15, 0.2) is 47.4 Å². The third-order valence-corrected chi connectivity index (χ3v) is 5.55. The summed E-state index contributed by atoms with van der Waals surface area (Å²) in [6, 6.07) is 11.8. The number of nitrogens with zero attached hydrogens (tertiary/aromatic N) is 1. The van der Waals surface area contributed by atoms with E-state index in [-0.39, 0.29) is 4.90 Å². The highest BCUT2D eigenvalue weighted by Gasteiger charge is 2.16. The van der Waals surface area contributed by atoms with Crippen molar-refractivity contribution in [3.05, 3.63) is 53.1 Å². The number of hydrogen-bond donors (Lipinski definition) is 1. The number of sulfonamides is 1. The van der Waals surface area contributed by atoms with E-state index < -0.39 is 10.0 Å². The van der Waals surface area contributed by atoms with Gasteiger partial charge < -0.3 is 0 Å². The van der Waals surface area contributed by atoms with Gasteiger partial charge in [-0.15, -0.1) is 0 Å². The third kappa shape index (κ3) is 2.88. The van der Waals surface area contributed by atoms with Crippen LogP contribution in [-0.2, 0) is 10.0 Å². The first-order valence-electron chi connectivity index (χ1n) is 6.10. The molecule has 0 bridgehead atoms. The summed E-state index contributed by atoms with van der Waals surface area (Å²) in [4.78, 5) is 4.54. The lowest BCUT2D eigenvalue weighted by molar-refractivity contribution is 0.601. The zero-order valence-electron chi connectivity index (χ0n) is 11.0. The summed E-state index contributed by atoms with van der Waals surface area (Å²) in [7, 11) is -3.62. The third-order valence-electron chi connectivity index (χ3n) is 2.93. The fourth-order valence-corrected chi connectivity index (χ4v) is 4.55. The summed E-state index contributed by atoms with van der Waals surface area (Å²) >= 11 is 7.26. The first-order chi connectivity index (χ1) is 9.95. The fourth-order valence-electron chi connectivity index (χ4n) is 1.97. The monoisotopic (exact) mass is 338 g/mol. The molecular weight excluding hydrogens is 328 g/mol. The van der Waals surface area contributed by atoms with Crippen LogP contribution in [0.5, 0.6) is 0 Å². The number of anilines is 1. The van der Waals surface area contributed by atoms with Gasteiger partial charge in [0.2, 0.25) is 0 Å². The molecule has 2 aromatic carbocycles. The second-order valence-electron chi connectivity index (χ2n) is 4.51. The van der Waals surface area contributed by atoms with E-state index in [0.29, 0.717) is 10.2 Å². The smallest absolute Gasteiger partial charge is 0.255 e. The van der Waals surface area contributed by atoms with E-state index >= 15 is 0 Å². The summed E-state index contributed by atoms with van der Waals surface area (Å²) in [5.41, 5.74) is 1.68. The lowest BCUT2D eigenvalue weighted by Crippen LogP contribution is -2.12. The zero-order chi connectivity index (χ0) is 15.0. The van der Waals surface area contributed by atoms with Crippen LogP contribution in [0.1, 0.15) is 5.56 Å². The van der Waals surface area contributed by atoms with Gasteiger partial charge in [-0.2, -0.15) is 0 Å². The van der Waals surface area contributed by atoms with Gasteiger partial charge in [0.1, 0.15) is 0 Å². The lowest BCUT2D eigenvalue weighted by atomic mass is 10.2.